The number of ether oxygens (including phenoxy) is 1. The van der Waals surface area contributed by atoms with E-state index in [1.165, 1.54) is 19.3 Å². The van der Waals surface area contributed by atoms with Crippen molar-refractivity contribution in [3.05, 3.63) is 72.9 Å². The Labute approximate surface area is 331 Å². The van der Waals surface area contributed by atoms with Gasteiger partial charge in [-0.2, -0.15) is 0 Å². The van der Waals surface area contributed by atoms with E-state index >= 15 is 0 Å². The van der Waals surface area contributed by atoms with E-state index in [-0.39, 0.29) is 18.0 Å². The third-order valence-corrected chi connectivity index (χ3v) is 9.24. The molecule has 0 saturated carbocycles. The number of carbonyl (C=O) groups excluding carboxylic acids is 2. The van der Waals surface area contributed by atoms with Crippen molar-refractivity contribution < 1.29 is 24.2 Å². The molecule has 0 aliphatic heterocycles. The quantitative estimate of drug-likeness (QED) is 0.0328. The van der Waals surface area contributed by atoms with Gasteiger partial charge in [0.15, 0.2) is 0 Å². The standard InChI is InChI=1S/C47H80N2O5/c1-3-5-7-9-11-13-15-17-18-20-21-23-25-28-32-37-43(38-33-29-27-30-34-40-45(50)49-44(47(52)53)39-36-42-48)54-46(51)41-35-31-26-24-22-19-16-14-12-10-8-6-4-2/h5,7-8,10-11,13-14,16-18,21,23,43-44H,3-4,6,9,12,15,19-20,22,24-42,48H2,1-2H3,(H,49,50)(H,52,53)/b7-5-,10-8-,13-11-,16-14-,18-17-,23-21-. The lowest BCUT2D eigenvalue weighted by Crippen LogP contribution is -2.40. The molecule has 4 N–H and O–H groups in total. The van der Waals surface area contributed by atoms with Gasteiger partial charge < -0.3 is 20.9 Å². The molecule has 0 fully saturated rings. The van der Waals surface area contributed by atoms with E-state index in [9.17, 15) is 19.5 Å². The van der Waals surface area contributed by atoms with Gasteiger partial charge in [0.1, 0.15) is 12.1 Å². The van der Waals surface area contributed by atoms with Crippen molar-refractivity contribution in [3.8, 4) is 0 Å². The third-order valence-electron chi connectivity index (χ3n) is 9.24. The van der Waals surface area contributed by atoms with Crippen molar-refractivity contribution in [2.45, 2.75) is 199 Å². The van der Waals surface area contributed by atoms with Gasteiger partial charge in [-0.15, -0.1) is 0 Å². The number of carboxylic acids is 1. The predicted octanol–water partition coefficient (Wildman–Crippen LogP) is 12.3. The van der Waals surface area contributed by atoms with Gasteiger partial charge >= 0.3 is 11.9 Å². The van der Waals surface area contributed by atoms with Gasteiger partial charge in [0.05, 0.1) is 0 Å². The van der Waals surface area contributed by atoms with Gasteiger partial charge in [-0.1, -0.05) is 132 Å². The number of allylic oxidation sites excluding steroid dienone is 12. The van der Waals surface area contributed by atoms with Crippen molar-refractivity contribution in [1.82, 2.24) is 5.32 Å². The minimum atomic E-state index is -1.01. The minimum Gasteiger partial charge on any atom is -0.480 e. The maximum absolute atomic E-state index is 12.8. The van der Waals surface area contributed by atoms with Crippen molar-refractivity contribution >= 4 is 17.8 Å². The van der Waals surface area contributed by atoms with Gasteiger partial charge in [-0.05, 0) is 122 Å². The highest BCUT2D eigenvalue weighted by Gasteiger charge is 2.19. The van der Waals surface area contributed by atoms with Crippen LogP contribution in [0.3, 0.4) is 0 Å². The number of hydrogen-bond acceptors (Lipinski definition) is 5. The summed E-state index contributed by atoms with van der Waals surface area (Å²) >= 11 is 0. The van der Waals surface area contributed by atoms with Crippen LogP contribution < -0.4 is 11.1 Å². The van der Waals surface area contributed by atoms with E-state index in [4.69, 9.17) is 10.5 Å². The number of amides is 1. The highest BCUT2D eigenvalue weighted by Crippen LogP contribution is 2.18. The molecule has 0 rings (SSSR count). The molecule has 0 radical (unpaired) electrons. The average Bonchev–Trinajstić information content (AvgIpc) is 3.16. The molecule has 0 aromatic rings. The molecular formula is C47H80N2O5. The van der Waals surface area contributed by atoms with Crippen molar-refractivity contribution in [1.29, 1.82) is 0 Å². The van der Waals surface area contributed by atoms with Crippen LogP contribution >= 0.6 is 0 Å². The summed E-state index contributed by atoms with van der Waals surface area (Å²) in [6.07, 6.45) is 52.2. The number of rotatable bonds is 38. The third kappa shape index (κ3) is 37.1. The summed E-state index contributed by atoms with van der Waals surface area (Å²) in [6, 6.07) is -0.866. The summed E-state index contributed by atoms with van der Waals surface area (Å²) in [7, 11) is 0. The Morgan fingerprint density at radius 3 is 1.57 bits per heavy atom. The summed E-state index contributed by atoms with van der Waals surface area (Å²) in [6.45, 7) is 4.76. The molecule has 7 heteroatoms. The summed E-state index contributed by atoms with van der Waals surface area (Å²) in [4.78, 5) is 36.4. The Morgan fingerprint density at radius 2 is 1.02 bits per heavy atom. The monoisotopic (exact) mass is 753 g/mol. The molecule has 0 saturated heterocycles. The lowest BCUT2D eigenvalue weighted by Gasteiger charge is -2.18. The van der Waals surface area contributed by atoms with Gasteiger partial charge in [0.2, 0.25) is 5.91 Å². The van der Waals surface area contributed by atoms with Crippen molar-refractivity contribution in [2.75, 3.05) is 6.54 Å². The molecule has 308 valence electrons. The number of carbonyl (C=O) groups is 3. The van der Waals surface area contributed by atoms with E-state index in [0.29, 0.717) is 32.2 Å². The predicted molar refractivity (Wildman–Crippen MR) is 229 cm³/mol. The second kappa shape index (κ2) is 41.0. The maximum atomic E-state index is 12.8. The first-order valence-electron chi connectivity index (χ1n) is 21.8. The van der Waals surface area contributed by atoms with Crippen LogP contribution in [0, 0.1) is 0 Å². The summed E-state index contributed by atoms with van der Waals surface area (Å²) in [5.74, 6) is -1.28. The molecule has 0 aliphatic rings. The molecule has 0 bridgehead atoms. The lowest BCUT2D eigenvalue weighted by molar-refractivity contribution is -0.150. The first-order valence-corrected chi connectivity index (χ1v) is 21.8. The molecular weight excluding hydrogens is 673 g/mol. The number of nitrogens with one attached hydrogen (secondary N) is 1. The molecule has 1 amide bonds. The highest BCUT2D eigenvalue weighted by molar-refractivity contribution is 5.83. The number of nitrogens with two attached hydrogens (primary N) is 1. The SMILES string of the molecule is CC/C=C\C/C=C\C/C=C\C/C=C\CCCCC(CCCCCCCC(=O)NC(CCCN)C(=O)O)OC(=O)CCCCCCC/C=C\C/C=C\CCC. The van der Waals surface area contributed by atoms with Gasteiger partial charge in [-0.25, -0.2) is 4.79 Å². The van der Waals surface area contributed by atoms with Crippen LogP contribution in [0.1, 0.15) is 187 Å². The fraction of sp³-hybridized carbons (Fsp3) is 0.681. The Balaban J connectivity index is 4.48. The second-order valence-corrected chi connectivity index (χ2v) is 14.4. The zero-order chi connectivity index (χ0) is 39.6. The Kier molecular flexibility index (Phi) is 38.6. The molecule has 0 aliphatic carbocycles. The number of aliphatic carboxylic acids is 1. The van der Waals surface area contributed by atoms with Crippen LogP contribution in [0.4, 0.5) is 0 Å². The van der Waals surface area contributed by atoms with E-state index < -0.39 is 12.0 Å². The molecule has 0 aromatic carbocycles. The molecule has 2 unspecified atom stereocenters. The van der Waals surface area contributed by atoms with E-state index in [2.05, 4.69) is 92.1 Å². The molecule has 7 nitrogen and oxygen atoms in total. The fourth-order valence-electron chi connectivity index (χ4n) is 6.01. The molecule has 0 aromatic heterocycles. The Hall–Kier alpha value is -3.19. The summed E-state index contributed by atoms with van der Waals surface area (Å²) in [5.41, 5.74) is 5.48. The first-order chi connectivity index (χ1) is 26.4. The van der Waals surface area contributed by atoms with Crippen molar-refractivity contribution in [3.63, 3.8) is 0 Å². The second-order valence-electron chi connectivity index (χ2n) is 14.4. The van der Waals surface area contributed by atoms with Crippen LogP contribution in [0.5, 0.6) is 0 Å². The van der Waals surface area contributed by atoms with E-state index in [0.717, 1.165) is 128 Å². The maximum Gasteiger partial charge on any atom is 0.326 e. The largest absolute Gasteiger partial charge is 0.480 e. The lowest BCUT2D eigenvalue weighted by atomic mass is 10.0. The molecule has 0 heterocycles. The minimum absolute atomic E-state index is 0.0363. The van der Waals surface area contributed by atoms with Crippen LogP contribution in [0.25, 0.3) is 0 Å². The van der Waals surface area contributed by atoms with Crippen molar-refractivity contribution in [2.24, 2.45) is 5.73 Å². The molecule has 2 atom stereocenters. The average molecular weight is 753 g/mol. The first kappa shape index (κ1) is 50.8. The van der Waals surface area contributed by atoms with Crippen LogP contribution in [-0.2, 0) is 19.1 Å². The molecule has 0 spiro atoms. The molecule has 54 heavy (non-hydrogen) atoms. The number of carboxylic acid groups (broad SMARTS) is 1. The smallest absolute Gasteiger partial charge is 0.326 e. The zero-order valence-electron chi connectivity index (χ0n) is 34.5. The van der Waals surface area contributed by atoms with Crippen LogP contribution in [0.15, 0.2) is 72.9 Å². The van der Waals surface area contributed by atoms with Crippen LogP contribution in [0.2, 0.25) is 0 Å². The van der Waals surface area contributed by atoms with Gasteiger partial charge in [0, 0.05) is 12.8 Å². The topological polar surface area (TPSA) is 119 Å². The summed E-state index contributed by atoms with van der Waals surface area (Å²) < 4.78 is 6.02. The van der Waals surface area contributed by atoms with E-state index in [1.807, 2.05) is 0 Å². The number of unbranched alkanes of at least 4 members (excludes halogenated alkanes) is 12. The van der Waals surface area contributed by atoms with E-state index in [1.54, 1.807) is 0 Å². The summed E-state index contributed by atoms with van der Waals surface area (Å²) in [5, 5.41) is 11.9. The van der Waals surface area contributed by atoms with Gasteiger partial charge in [-0.3, -0.25) is 9.59 Å². The van der Waals surface area contributed by atoms with Crippen LogP contribution in [-0.4, -0.2) is 41.6 Å². The van der Waals surface area contributed by atoms with Gasteiger partial charge in [0.25, 0.3) is 0 Å². The normalized spacial score (nSPS) is 13.4. The fourth-order valence-corrected chi connectivity index (χ4v) is 6.01. The Bertz CT molecular complexity index is 1070. The highest BCUT2D eigenvalue weighted by atomic mass is 16.5. The number of hydrogen-bond donors (Lipinski definition) is 3. The Morgan fingerprint density at radius 1 is 0.556 bits per heavy atom. The number of esters is 1. The zero-order valence-corrected chi connectivity index (χ0v) is 34.5.